The molecule has 1 saturated carbocycles. The summed E-state index contributed by atoms with van der Waals surface area (Å²) < 4.78 is 39.5. The van der Waals surface area contributed by atoms with Gasteiger partial charge in [-0.15, -0.1) is 0 Å². The van der Waals surface area contributed by atoms with Gasteiger partial charge in [0.15, 0.2) is 4.77 Å². The lowest BCUT2D eigenvalue weighted by molar-refractivity contribution is -0.0458. The molecule has 2 unspecified atom stereocenters. The predicted octanol–water partition coefficient (Wildman–Crippen LogP) is 0.758. The van der Waals surface area contributed by atoms with Gasteiger partial charge >= 0.3 is 0 Å². The Bertz CT molecular complexity index is 860. The Labute approximate surface area is 172 Å². The average molecular weight is 431 g/mol. The van der Waals surface area contributed by atoms with Crippen LogP contribution < -0.4 is 0 Å². The van der Waals surface area contributed by atoms with Crippen molar-refractivity contribution in [3.05, 3.63) is 10.6 Å². The van der Waals surface area contributed by atoms with Gasteiger partial charge in [-0.25, -0.2) is 4.68 Å². The molecule has 11 heteroatoms. The zero-order valence-corrected chi connectivity index (χ0v) is 18.5. The molecule has 0 spiro atoms. The van der Waals surface area contributed by atoms with Gasteiger partial charge in [-0.3, -0.25) is 4.90 Å². The van der Waals surface area contributed by atoms with Gasteiger partial charge in [0, 0.05) is 52.2 Å². The molecule has 3 aliphatic rings. The highest BCUT2D eigenvalue weighted by atomic mass is 32.2. The van der Waals surface area contributed by atoms with E-state index in [9.17, 15) is 8.42 Å². The Kier molecular flexibility index (Phi) is 5.66. The summed E-state index contributed by atoms with van der Waals surface area (Å²) in [6.45, 7) is 7.59. The number of nitrogens with zero attached hydrogens (tertiary/aromatic N) is 6. The van der Waals surface area contributed by atoms with Crippen molar-refractivity contribution in [2.75, 3.05) is 39.3 Å². The van der Waals surface area contributed by atoms with Crippen LogP contribution in [-0.4, -0.2) is 87.8 Å². The van der Waals surface area contributed by atoms with Gasteiger partial charge in [0.1, 0.15) is 5.82 Å². The molecule has 3 fully saturated rings. The van der Waals surface area contributed by atoms with Crippen molar-refractivity contribution in [1.82, 2.24) is 27.9 Å². The Morgan fingerprint density at radius 1 is 1.07 bits per heavy atom. The third kappa shape index (κ3) is 4.05. The predicted molar refractivity (Wildman–Crippen MR) is 108 cm³/mol. The van der Waals surface area contributed by atoms with Gasteiger partial charge in [0.2, 0.25) is 0 Å². The number of ether oxygens (including phenoxy) is 1. The standard InChI is InChI=1S/C17H30N6O3S2/c1-13-10-22(11-14(2)26-13)28(24,25)21-8-6-20(7-9-21)12-23-17(27)19(3)16(18-23)15-4-5-15/h13-15H,4-12H2,1-3H3. The van der Waals surface area contributed by atoms with Crippen molar-refractivity contribution in [2.24, 2.45) is 7.05 Å². The van der Waals surface area contributed by atoms with Crippen LogP contribution in [0.25, 0.3) is 0 Å². The highest BCUT2D eigenvalue weighted by Gasteiger charge is 2.37. The molecular formula is C17H30N6O3S2. The van der Waals surface area contributed by atoms with Crippen LogP contribution in [0.4, 0.5) is 0 Å². The SMILES string of the molecule is CC1CN(S(=O)(=O)N2CCN(Cn3nc(C4CC4)n(C)c3=S)CC2)CC(C)O1. The molecule has 2 atom stereocenters. The maximum absolute atomic E-state index is 13.0. The summed E-state index contributed by atoms with van der Waals surface area (Å²) in [6.07, 6.45) is 2.22. The Morgan fingerprint density at radius 3 is 2.25 bits per heavy atom. The van der Waals surface area contributed by atoms with Crippen LogP contribution in [0, 0.1) is 4.77 Å². The van der Waals surface area contributed by atoms with Gasteiger partial charge in [-0.2, -0.15) is 22.1 Å². The van der Waals surface area contributed by atoms with Crippen molar-refractivity contribution >= 4 is 22.4 Å². The van der Waals surface area contributed by atoms with Crippen molar-refractivity contribution in [3.8, 4) is 0 Å². The lowest BCUT2D eigenvalue weighted by atomic mass is 10.3. The van der Waals surface area contributed by atoms with Crippen LogP contribution in [0.5, 0.6) is 0 Å². The van der Waals surface area contributed by atoms with Gasteiger partial charge in [0.25, 0.3) is 10.2 Å². The van der Waals surface area contributed by atoms with E-state index in [1.807, 2.05) is 30.1 Å². The molecule has 158 valence electrons. The zero-order valence-electron chi connectivity index (χ0n) is 16.8. The molecule has 0 aromatic carbocycles. The molecule has 1 aliphatic carbocycles. The second-order valence-electron chi connectivity index (χ2n) is 8.21. The number of piperazine rings is 1. The molecule has 0 bridgehead atoms. The van der Waals surface area contributed by atoms with Crippen LogP contribution in [0.2, 0.25) is 0 Å². The van der Waals surface area contributed by atoms with E-state index >= 15 is 0 Å². The summed E-state index contributed by atoms with van der Waals surface area (Å²) in [5.74, 6) is 1.62. The van der Waals surface area contributed by atoms with Crippen LogP contribution in [0.15, 0.2) is 0 Å². The fourth-order valence-corrected chi connectivity index (χ4v) is 6.01. The third-order valence-electron chi connectivity index (χ3n) is 5.72. The zero-order chi connectivity index (χ0) is 20.1. The maximum Gasteiger partial charge on any atom is 0.282 e. The van der Waals surface area contributed by atoms with Crippen LogP contribution in [0.3, 0.4) is 0 Å². The van der Waals surface area contributed by atoms with Crippen molar-refractivity contribution < 1.29 is 13.2 Å². The molecule has 2 saturated heterocycles. The molecule has 1 aromatic heterocycles. The number of rotatable bonds is 5. The van der Waals surface area contributed by atoms with Crippen molar-refractivity contribution in [2.45, 2.75) is 51.5 Å². The van der Waals surface area contributed by atoms with Crippen LogP contribution in [0.1, 0.15) is 38.4 Å². The first-order chi connectivity index (χ1) is 13.3. The minimum absolute atomic E-state index is 0.0773. The largest absolute Gasteiger partial charge is 0.373 e. The van der Waals surface area contributed by atoms with E-state index in [4.69, 9.17) is 22.1 Å². The number of morpholine rings is 1. The lowest BCUT2D eigenvalue weighted by Gasteiger charge is -2.40. The number of aromatic nitrogens is 3. The minimum atomic E-state index is -3.45. The Hall–Kier alpha value is -0.850. The first-order valence-electron chi connectivity index (χ1n) is 10.0. The molecule has 0 amide bonds. The van der Waals surface area contributed by atoms with E-state index in [2.05, 4.69) is 4.90 Å². The second-order valence-corrected chi connectivity index (χ2v) is 10.5. The maximum atomic E-state index is 13.0. The summed E-state index contributed by atoms with van der Waals surface area (Å²) in [6, 6.07) is 0. The number of hydrogen-bond acceptors (Lipinski definition) is 6. The molecule has 9 nitrogen and oxygen atoms in total. The summed E-state index contributed by atoms with van der Waals surface area (Å²) in [7, 11) is -1.47. The normalized spacial score (nSPS) is 28.7. The second kappa shape index (κ2) is 7.77. The summed E-state index contributed by atoms with van der Waals surface area (Å²) in [5, 5.41) is 4.70. The minimum Gasteiger partial charge on any atom is -0.373 e. The summed E-state index contributed by atoms with van der Waals surface area (Å²) >= 11 is 5.53. The molecular weight excluding hydrogens is 400 g/mol. The van der Waals surface area contributed by atoms with Crippen molar-refractivity contribution in [1.29, 1.82) is 0 Å². The van der Waals surface area contributed by atoms with E-state index in [1.54, 1.807) is 8.61 Å². The summed E-state index contributed by atoms with van der Waals surface area (Å²) in [5.41, 5.74) is 0. The fraction of sp³-hybridized carbons (Fsp3) is 0.882. The van der Waals surface area contributed by atoms with Gasteiger partial charge in [0.05, 0.1) is 18.9 Å². The van der Waals surface area contributed by atoms with E-state index in [0.29, 0.717) is 51.9 Å². The van der Waals surface area contributed by atoms with E-state index in [0.717, 1.165) is 10.6 Å². The molecule has 28 heavy (non-hydrogen) atoms. The quantitative estimate of drug-likeness (QED) is 0.642. The third-order valence-corrected chi connectivity index (χ3v) is 8.17. The molecule has 1 aromatic rings. The van der Waals surface area contributed by atoms with E-state index < -0.39 is 10.2 Å². The molecule has 4 rings (SSSR count). The Balaban J connectivity index is 1.37. The molecule has 3 heterocycles. The van der Waals surface area contributed by atoms with E-state index in [1.165, 1.54) is 12.8 Å². The van der Waals surface area contributed by atoms with Gasteiger partial charge in [-0.1, -0.05) is 0 Å². The first-order valence-corrected chi connectivity index (χ1v) is 11.8. The first kappa shape index (κ1) is 20.4. The molecule has 0 N–H and O–H groups in total. The van der Waals surface area contributed by atoms with Gasteiger partial charge < -0.3 is 9.30 Å². The van der Waals surface area contributed by atoms with Crippen molar-refractivity contribution in [3.63, 3.8) is 0 Å². The summed E-state index contributed by atoms with van der Waals surface area (Å²) in [4.78, 5) is 2.22. The number of hydrogen-bond donors (Lipinski definition) is 0. The fourth-order valence-electron chi connectivity index (χ4n) is 4.07. The topological polar surface area (TPSA) is 75.8 Å². The smallest absolute Gasteiger partial charge is 0.282 e. The lowest BCUT2D eigenvalue weighted by Crippen LogP contribution is -2.57. The molecule has 2 aliphatic heterocycles. The highest BCUT2D eigenvalue weighted by molar-refractivity contribution is 7.86. The van der Waals surface area contributed by atoms with Crippen LogP contribution in [-0.2, 0) is 28.7 Å². The van der Waals surface area contributed by atoms with Gasteiger partial charge in [-0.05, 0) is 38.9 Å². The molecule has 0 radical (unpaired) electrons. The van der Waals surface area contributed by atoms with Crippen LogP contribution >= 0.6 is 12.2 Å². The van der Waals surface area contributed by atoms with E-state index in [-0.39, 0.29) is 12.2 Å². The highest BCUT2D eigenvalue weighted by Crippen LogP contribution is 2.38. The Morgan fingerprint density at radius 2 is 1.68 bits per heavy atom. The monoisotopic (exact) mass is 430 g/mol. The average Bonchev–Trinajstić information content (AvgIpc) is 3.44.